The van der Waals surface area contributed by atoms with Crippen molar-refractivity contribution in [2.75, 3.05) is 5.32 Å². The maximum Gasteiger partial charge on any atom is 0.417 e. The number of carbonyl (C=O) groups is 1. The van der Waals surface area contributed by atoms with Crippen LogP contribution in [-0.2, 0) is 19.8 Å². The van der Waals surface area contributed by atoms with E-state index in [4.69, 9.17) is 23.2 Å². The topological polar surface area (TPSA) is 71.8 Å². The average molecular weight is 494 g/mol. The highest BCUT2D eigenvalue weighted by Gasteiger charge is 2.30. The molecule has 0 radical (unpaired) electrons. The number of aryl methyl sites for hydroxylation is 1. The van der Waals surface area contributed by atoms with Gasteiger partial charge in [-0.25, -0.2) is 4.98 Å². The molecule has 4 rings (SSSR count). The van der Waals surface area contributed by atoms with Crippen LogP contribution >= 0.6 is 23.2 Å². The first-order valence-electron chi connectivity index (χ1n) is 9.61. The zero-order valence-corrected chi connectivity index (χ0v) is 18.6. The van der Waals surface area contributed by atoms with Gasteiger partial charge < -0.3 is 15.2 Å². The van der Waals surface area contributed by atoms with Crippen molar-refractivity contribution in [2.24, 2.45) is 7.05 Å². The number of hydrogen-bond donors (Lipinski definition) is 2. The predicted octanol–water partition coefficient (Wildman–Crippen LogP) is 5.97. The number of imidazole rings is 1. The summed E-state index contributed by atoms with van der Waals surface area (Å²) >= 11 is 12.4. The highest BCUT2D eigenvalue weighted by atomic mass is 35.5. The number of pyridine rings is 1. The van der Waals surface area contributed by atoms with Gasteiger partial charge >= 0.3 is 6.18 Å². The highest BCUT2D eigenvalue weighted by Crippen LogP contribution is 2.33. The zero-order valence-electron chi connectivity index (χ0n) is 17.0. The number of rotatable bonds is 5. The summed E-state index contributed by atoms with van der Waals surface area (Å²) in [7, 11) is 1.80. The van der Waals surface area contributed by atoms with Crippen molar-refractivity contribution in [1.29, 1.82) is 0 Å². The van der Waals surface area contributed by atoms with Crippen LogP contribution in [0.15, 0.2) is 54.7 Å². The lowest BCUT2D eigenvalue weighted by Crippen LogP contribution is -2.23. The van der Waals surface area contributed by atoms with E-state index < -0.39 is 17.6 Å². The molecule has 2 aromatic heterocycles. The Hall–Kier alpha value is -3.30. The van der Waals surface area contributed by atoms with Gasteiger partial charge in [0.25, 0.3) is 5.91 Å². The van der Waals surface area contributed by atoms with Crippen LogP contribution in [0.3, 0.4) is 0 Å². The second kappa shape index (κ2) is 8.92. The van der Waals surface area contributed by atoms with Crippen molar-refractivity contribution in [1.82, 2.24) is 19.9 Å². The first-order valence-corrected chi connectivity index (χ1v) is 10.4. The van der Waals surface area contributed by atoms with Gasteiger partial charge in [-0.15, -0.1) is 0 Å². The van der Waals surface area contributed by atoms with Crippen molar-refractivity contribution < 1.29 is 18.0 Å². The minimum Gasteiger partial charge on any atom is -0.346 e. The molecule has 4 aromatic rings. The molecule has 11 heteroatoms. The fraction of sp³-hybridized carbons (Fsp3) is 0.136. The second-order valence-electron chi connectivity index (χ2n) is 7.14. The third kappa shape index (κ3) is 4.89. The molecule has 0 aliphatic rings. The molecule has 0 atom stereocenters. The molecule has 0 aliphatic heterocycles. The van der Waals surface area contributed by atoms with Crippen LogP contribution in [0.4, 0.5) is 24.8 Å². The Balaban J connectivity index is 1.50. The van der Waals surface area contributed by atoms with Crippen LogP contribution in [-0.4, -0.2) is 20.4 Å². The number of alkyl halides is 3. The van der Waals surface area contributed by atoms with E-state index in [0.717, 1.165) is 17.8 Å². The van der Waals surface area contributed by atoms with Gasteiger partial charge in [-0.2, -0.15) is 13.2 Å². The minimum atomic E-state index is -4.46. The molecule has 2 N–H and O–H groups in total. The largest absolute Gasteiger partial charge is 0.417 e. The molecule has 33 heavy (non-hydrogen) atoms. The van der Waals surface area contributed by atoms with E-state index in [1.54, 1.807) is 48.0 Å². The van der Waals surface area contributed by atoms with E-state index in [1.165, 1.54) is 6.07 Å². The number of hydrogen-bond acceptors (Lipinski definition) is 4. The van der Waals surface area contributed by atoms with Crippen LogP contribution < -0.4 is 10.6 Å². The Morgan fingerprint density at radius 2 is 1.82 bits per heavy atom. The van der Waals surface area contributed by atoms with Crippen LogP contribution in [0.2, 0.25) is 10.0 Å². The lowest BCUT2D eigenvalue weighted by molar-refractivity contribution is -0.137. The maximum absolute atomic E-state index is 12.6. The molecular formula is C22H16Cl2F3N5O. The molecule has 2 heterocycles. The van der Waals surface area contributed by atoms with Crippen molar-refractivity contribution in [3.05, 3.63) is 81.6 Å². The number of carbonyl (C=O) groups excluding carboxylic acids is 1. The van der Waals surface area contributed by atoms with E-state index in [9.17, 15) is 18.0 Å². The molecular weight excluding hydrogens is 478 g/mol. The molecule has 2 aromatic carbocycles. The lowest BCUT2D eigenvalue weighted by Gasteiger charge is -2.09. The molecule has 6 nitrogen and oxygen atoms in total. The summed E-state index contributed by atoms with van der Waals surface area (Å²) in [5.74, 6) is 0.0689. The number of fused-ring (bicyclic) bond motifs is 1. The smallest absolute Gasteiger partial charge is 0.346 e. The third-order valence-electron chi connectivity index (χ3n) is 4.92. The molecule has 0 aliphatic carbocycles. The fourth-order valence-corrected chi connectivity index (χ4v) is 3.64. The summed E-state index contributed by atoms with van der Waals surface area (Å²) in [6.07, 6.45) is -3.72. The Labute approximate surface area is 196 Å². The van der Waals surface area contributed by atoms with Gasteiger partial charge in [0.1, 0.15) is 0 Å². The summed E-state index contributed by atoms with van der Waals surface area (Å²) < 4.78 is 39.7. The van der Waals surface area contributed by atoms with E-state index in [1.807, 2.05) is 0 Å². The highest BCUT2D eigenvalue weighted by molar-refractivity contribution is 6.39. The molecule has 1 amide bonds. The van der Waals surface area contributed by atoms with Crippen LogP contribution in [0.1, 0.15) is 21.6 Å². The first kappa shape index (κ1) is 22.9. The fourth-order valence-electron chi connectivity index (χ4n) is 3.15. The Morgan fingerprint density at radius 1 is 1.09 bits per heavy atom. The standard InChI is InChI=1S/C22H16Cl2F3N5O/c1-32-18-8-5-12(20(33)29-11-14-7-6-13(10-28-14)22(25,26)27)9-17(18)30-21(32)31-19-15(23)3-2-4-16(19)24/h2-10H,11H2,1H3,(H,29,33)(H,30,31). The second-order valence-corrected chi connectivity index (χ2v) is 7.95. The monoisotopic (exact) mass is 493 g/mol. The molecule has 0 saturated heterocycles. The van der Waals surface area contributed by atoms with Crippen LogP contribution in [0, 0.1) is 0 Å². The Morgan fingerprint density at radius 3 is 2.45 bits per heavy atom. The minimum absolute atomic E-state index is 0.0188. The van der Waals surface area contributed by atoms with Crippen molar-refractivity contribution >= 4 is 51.8 Å². The van der Waals surface area contributed by atoms with Gasteiger partial charge in [0.15, 0.2) is 0 Å². The summed E-state index contributed by atoms with van der Waals surface area (Å²) in [6, 6.07) is 12.3. The van der Waals surface area contributed by atoms with Gasteiger partial charge in [-0.3, -0.25) is 9.78 Å². The van der Waals surface area contributed by atoms with Gasteiger partial charge in [0.2, 0.25) is 5.95 Å². The van der Waals surface area contributed by atoms with Gasteiger partial charge in [-0.05, 0) is 42.5 Å². The third-order valence-corrected chi connectivity index (χ3v) is 5.55. The molecule has 0 bridgehead atoms. The summed E-state index contributed by atoms with van der Waals surface area (Å²) in [6.45, 7) is -0.0188. The number of para-hydroxylation sites is 1. The first-order chi connectivity index (χ1) is 15.6. The molecule has 170 valence electrons. The lowest BCUT2D eigenvalue weighted by atomic mass is 10.2. The molecule has 0 spiro atoms. The number of nitrogens with one attached hydrogen (secondary N) is 2. The number of benzene rings is 2. The number of nitrogens with zero attached hydrogens (tertiary/aromatic N) is 3. The van der Waals surface area contributed by atoms with E-state index >= 15 is 0 Å². The Kier molecular flexibility index (Phi) is 6.18. The molecule has 0 saturated carbocycles. The number of aromatic nitrogens is 3. The number of anilines is 2. The van der Waals surface area contributed by atoms with Gasteiger partial charge in [-0.1, -0.05) is 29.3 Å². The molecule has 0 fully saturated rings. The maximum atomic E-state index is 12.6. The van der Waals surface area contributed by atoms with Crippen LogP contribution in [0.25, 0.3) is 11.0 Å². The average Bonchev–Trinajstić information content (AvgIpc) is 3.09. The van der Waals surface area contributed by atoms with E-state index in [-0.39, 0.29) is 6.54 Å². The summed E-state index contributed by atoms with van der Waals surface area (Å²) in [4.78, 5) is 20.8. The normalized spacial score (nSPS) is 11.6. The quantitative estimate of drug-likeness (QED) is 0.359. The Bertz CT molecular complexity index is 1320. The summed E-state index contributed by atoms with van der Waals surface area (Å²) in [5, 5.41) is 6.63. The number of halogens is 5. The van der Waals surface area contributed by atoms with Crippen molar-refractivity contribution in [3.8, 4) is 0 Å². The van der Waals surface area contributed by atoms with Crippen molar-refractivity contribution in [2.45, 2.75) is 12.7 Å². The molecule has 0 unspecified atom stereocenters. The van der Waals surface area contributed by atoms with Crippen molar-refractivity contribution in [3.63, 3.8) is 0 Å². The SMILES string of the molecule is Cn1c(Nc2c(Cl)cccc2Cl)nc2cc(C(=O)NCc3ccc(C(F)(F)F)cn3)ccc21. The van der Waals surface area contributed by atoms with Crippen LogP contribution in [0.5, 0.6) is 0 Å². The number of amides is 1. The van der Waals surface area contributed by atoms with Gasteiger partial charge in [0, 0.05) is 18.8 Å². The summed E-state index contributed by atoms with van der Waals surface area (Å²) in [5.41, 5.74) is 1.64. The van der Waals surface area contributed by atoms with E-state index in [0.29, 0.717) is 38.5 Å². The van der Waals surface area contributed by atoms with E-state index in [2.05, 4.69) is 20.6 Å². The van der Waals surface area contributed by atoms with Gasteiger partial charge in [0.05, 0.1) is 44.6 Å². The predicted molar refractivity (Wildman–Crippen MR) is 121 cm³/mol. The zero-order chi connectivity index (χ0) is 23.8.